The third-order valence-corrected chi connectivity index (χ3v) is 6.06. The summed E-state index contributed by atoms with van der Waals surface area (Å²) in [6.07, 6.45) is -0.645. The first-order valence-corrected chi connectivity index (χ1v) is 12.7. The Morgan fingerprint density at radius 2 is 1.36 bits per heavy atom. The van der Waals surface area contributed by atoms with E-state index in [1.54, 1.807) is 24.3 Å². The summed E-state index contributed by atoms with van der Waals surface area (Å²) in [6.45, 7) is 0.0337. The van der Waals surface area contributed by atoms with Crippen LogP contribution in [-0.2, 0) is 22.6 Å². The number of halogens is 2. The number of nitrogens with one attached hydrogen (secondary N) is 2. The highest BCUT2D eigenvalue weighted by Gasteiger charge is 2.26. The zero-order chi connectivity index (χ0) is 27.6. The van der Waals surface area contributed by atoms with Crippen molar-refractivity contribution in [2.75, 3.05) is 5.32 Å². The maximum absolute atomic E-state index is 13.3. The predicted molar refractivity (Wildman–Crippen MR) is 150 cm³/mol. The molecule has 9 heteroatoms. The fraction of sp³-hybridized carbons (Fsp3) is 0.100. The zero-order valence-electron chi connectivity index (χ0n) is 20.6. The van der Waals surface area contributed by atoms with E-state index in [1.165, 1.54) is 18.2 Å². The number of anilines is 1. The van der Waals surface area contributed by atoms with Crippen molar-refractivity contribution in [3.8, 4) is 5.75 Å². The molecule has 0 fully saturated rings. The van der Waals surface area contributed by atoms with E-state index in [9.17, 15) is 14.4 Å². The van der Waals surface area contributed by atoms with Crippen molar-refractivity contribution in [2.45, 2.75) is 19.1 Å². The predicted octanol–water partition coefficient (Wildman–Crippen LogP) is 6.69. The summed E-state index contributed by atoms with van der Waals surface area (Å²) in [5, 5.41) is 6.10. The minimum absolute atomic E-state index is 0.0200. The molecule has 1 atom stereocenters. The van der Waals surface area contributed by atoms with Crippen LogP contribution in [0.5, 0.6) is 5.75 Å². The Morgan fingerprint density at radius 1 is 0.744 bits per heavy atom. The van der Waals surface area contributed by atoms with Crippen molar-refractivity contribution in [1.82, 2.24) is 5.32 Å². The lowest BCUT2D eigenvalue weighted by Crippen LogP contribution is -2.44. The Bertz CT molecular complexity index is 1430. The molecule has 0 aliphatic carbocycles. The molecule has 0 aliphatic heterocycles. The number of esters is 1. The summed E-state index contributed by atoms with van der Waals surface area (Å²) in [4.78, 5) is 38.9. The monoisotopic (exact) mass is 562 g/mol. The van der Waals surface area contributed by atoms with Gasteiger partial charge in [0.2, 0.25) is 0 Å². The molecule has 0 aliphatic rings. The smallest absolute Gasteiger partial charge is 0.408 e. The van der Waals surface area contributed by atoms with Crippen LogP contribution in [0.2, 0.25) is 10.0 Å². The minimum Gasteiger partial charge on any atom is -0.445 e. The Balaban J connectivity index is 1.50. The van der Waals surface area contributed by atoms with Gasteiger partial charge in [-0.05, 0) is 53.6 Å². The maximum atomic E-state index is 13.3. The SMILES string of the molecule is O=C(N[C@H](Cc1ccccc1)C(=O)Oc1ccc(Cl)cc1C(=O)Nc1ccc(Cl)cc1)OCc1ccccc1. The number of amides is 2. The average molecular weight is 563 g/mol. The van der Waals surface area contributed by atoms with E-state index in [0.717, 1.165) is 11.1 Å². The Kier molecular flexibility index (Phi) is 9.56. The van der Waals surface area contributed by atoms with Gasteiger partial charge in [0.1, 0.15) is 18.4 Å². The fourth-order valence-corrected chi connectivity index (χ4v) is 3.93. The second kappa shape index (κ2) is 13.5. The molecule has 2 N–H and O–H groups in total. The second-order valence-corrected chi connectivity index (χ2v) is 9.34. The van der Waals surface area contributed by atoms with Gasteiger partial charge in [0.25, 0.3) is 5.91 Å². The molecule has 198 valence electrons. The summed E-state index contributed by atoms with van der Waals surface area (Å²) < 4.78 is 10.9. The van der Waals surface area contributed by atoms with Gasteiger partial charge in [0, 0.05) is 22.2 Å². The van der Waals surface area contributed by atoms with Crippen molar-refractivity contribution in [3.63, 3.8) is 0 Å². The van der Waals surface area contributed by atoms with Crippen molar-refractivity contribution >= 4 is 46.9 Å². The third-order valence-electron chi connectivity index (χ3n) is 5.57. The van der Waals surface area contributed by atoms with Crippen molar-refractivity contribution in [2.24, 2.45) is 0 Å². The zero-order valence-corrected chi connectivity index (χ0v) is 22.1. The van der Waals surface area contributed by atoms with E-state index >= 15 is 0 Å². The molecule has 39 heavy (non-hydrogen) atoms. The largest absolute Gasteiger partial charge is 0.445 e. The second-order valence-electron chi connectivity index (χ2n) is 8.47. The normalized spacial score (nSPS) is 11.2. The average Bonchev–Trinajstić information content (AvgIpc) is 2.95. The summed E-state index contributed by atoms with van der Waals surface area (Å²) in [5.41, 5.74) is 2.12. The standard InChI is InChI=1S/C30H24Cl2N2O5/c31-22-11-14-24(15-12-22)33-28(35)25-18-23(32)13-16-27(25)39-29(36)26(17-20-7-3-1-4-8-20)34-30(37)38-19-21-9-5-2-6-10-21/h1-16,18,26H,17,19H2,(H,33,35)(H,34,37)/t26-/m1/s1. The highest BCUT2D eigenvalue weighted by atomic mass is 35.5. The van der Waals surface area contributed by atoms with Gasteiger partial charge in [-0.25, -0.2) is 9.59 Å². The summed E-state index contributed by atoms with van der Waals surface area (Å²) in [7, 11) is 0. The Labute approximate surface area is 235 Å². The minimum atomic E-state index is -1.10. The number of carbonyl (C=O) groups excluding carboxylic acids is 3. The molecule has 7 nitrogen and oxygen atoms in total. The molecule has 0 bridgehead atoms. The quantitative estimate of drug-likeness (QED) is 0.175. The van der Waals surface area contributed by atoms with Gasteiger partial charge in [-0.3, -0.25) is 4.79 Å². The van der Waals surface area contributed by atoms with Crippen LogP contribution in [-0.4, -0.2) is 24.0 Å². The number of benzene rings is 4. The van der Waals surface area contributed by atoms with Gasteiger partial charge in [-0.15, -0.1) is 0 Å². The van der Waals surface area contributed by atoms with Crippen molar-refractivity contribution in [3.05, 3.63) is 130 Å². The molecule has 0 saturated heterocycles. The fourth-order valence-electron chi connectivity index (χ4n) is 3.63. The van der Waals surface area contributed by atoms with E-state index in [2.05, 4.69) is 10.6 Å². The van der Waals surface area contributed by atoms with Gasteiger partial charge in [-0.2, -0.15) is 0 Å². The van der Waals surface area contributed by atoms with Crippen LogP contribution >= 0.6 is 23.2 Å². The lowest BCUT2D eigenvalue weighted by molar-refractivity contribution is -0.136. The van der Waals surface area contributed by atoms with E-state index < -0.39 is 24.0 Å². The lowest BCUT2D eigenvalue weighted by Gasteiger charge is -2.19. The van der Waals surface area contributed by atoms with E-state index in [0.29, 0.717) is 10.7 Å². The topological polar surface area (TPSA) is 93.7 Å². The van der Waals surface area contributed by atoms with Gasteiger partial charge >= 0.3 is 12.1 Å². The van der Waals surface area contributed by atoms with Crippen LogP contribution in [0.1, 0.15) is 21.5 Å². The lowest BCUT2D eigenvalue weighted by atomic mass is 10.1. The van der Waals surface area contributed by atoms with Crippen LogP contribution in [0.15, 0.2) is 103 Å². The van der Waals surface area contributed by atoms with Gasteiger partial charge in [0.05, 0.1) is 5.56 Å². The van der Waals surface area contributed by atoms with Gasteiger partial charge in [-0.1, -0.05) is 83.9 Å². The van der Waals surface area contributed by atoms with Crippen LogP contribution in [0.4, 0.5) is 10.5 Å². The molecule has 0 aromatic heterocycles. The third kappa shape index (κ3) is 8.33. The molecule has 2 amide bonds. The number of ether oxygens (including phenoxy) is 2. The molecule has 0 saturated carbocycles. The maximum Gasteiger partial charge on any atom is 0.408 e. The number of rotatable bonds is 9. The molecule has 4 aromatic rings. The summed E-state index contributed by atoms with van der Waals surface area (Å²) in [6, 6.07) is 28.0. The number of alkyl carbamates (subject to hydrolysis) is 1. The Morgan fingerprint density at radius 3 is 2.03 bits per heavy atom. The molecular weight excluding hydrogens is 539 g/mol. The van der Waals surface area contributed by atoms with Gasteiger partial charge < -0.3 is 20.1 Å². The molecular formula is C30H24Cl2N2O5. The van der Waals surface area contributed by atoms with Crippen LogP contribution < -0.4 is 15.4 Å². The number of hydrogen-bond acceptors (Lipinski definition) is 5. The van der Waals surface area contributed by atoms with Crippen LogP contribution in [0, 0.1) is 0 Å². The highest BCUT2D eigenvalue weighted by Crippen LogP contribution is 2.25. The molecule has 0 spiro atoms. The molecule has 4 rings (SSSR count). The highest BCUT2D eigenvalue weighted by molar-refractivity contribution is 6.31. The molecule has 0 radical (unpaired) electrons. The molecule has 0 unspecified atom stereocenters. The summed E-state index contributed by atoms with van der Waals surface area (Å²) >= 11 is 12.1. The van der Waals surface area contributed by atoms with Crippen LogP contribution in [0.25, 0.3) is 0 Å². The first-order chi connectivity index (χ1) is 18.9. The van der Waals surface area contributed by atoms with Gasteiger partial charge in [0.15, 0.2) is 0 Å². The van der Waals surface area contributed by atoms with E-state index in [1.807, 2.05) is 60.7 Å². The van der Waals surface area contributed by atoms with E-state index in [4.69, 9.17) is 32.7 Å². The van der Waals surface area contributed by atoms with Crippen LogP contribution in [0.3, 0.4) is 0 Å². The van der Waals surface area contributed by atoms with Crippen molar-refractivity contribution in [1.29, 1.82) is 0 Å². The summed E-state index contributed by atoms with van der Waals surface area (Å²) in [5.74, 6) is -1.34. The first-order valence-electron chi connectivity index (χ1n) is 12.0. The van der Waals surface area contributed by atoms with Crippen molar-refractivity contribution < 1.29 is 23.9 Å². The number of hydrogen-bond donors (Lipinski definition) is 2. The first kappa shape index (κ1) is 27.7. The Hall–Kier alpha value is -4.33. The van der Waals surface area contributed by atoms with E-state index in [-0.39, 0.29) is 29.4 Å². The number of carbonyl (C=O) groups is 3. The molecule has 0 heterocycles. The molecule has 4 aromatic carbocycles.